The van der Waals surface area contributed by atoms with Gasteiger partial charge >= 0.3 is 0 Å². The Morgan fingerprint density at radius 2 is 1.53 bits per heavy atom. The predicted molar refractivity (Wildman–Crippen MR) is 131 cm³/mol. The van der Waals surface area contributed by atoms with E-state index >= 15 is 0 Å². The van der Waals surface area contributed by atoms with Gasteiger partial charge in [-0.2, -0.15) is 8.61 Å². The Kier molecular flexibility index (Phi) is 7.42. The molecular formula is C24H31N3O5S2. The monoisotopic (exact) mass is 505 g/mol. The molecule has 2 saturated heterocycles. The van der Waals surface area contributed by atoms with Gasteiger partial charge in [0, 0.05) is 37.4 Å². The van der Waals surface area contributed by atoms with Crippen molar-refractivity contribution in [3.63, 3.8) is 0 Å². The summed E-state index contributed by atoms with van der Waals surface area (Å²) in [5, 5.41) is 3.00. The van der Waals surface area contributed by atoms with Crippen LogP contribution in [0.5, 0.6) is 0 Å². The van der Waals surface area contributed by atoms with E-state index in [2.05, 4.69) is 12.2 Å². The molecule has 1 N–H and O–H groups in total. The summed E-state index contributed by atoms with van der Waals surface area (Å²) in [4.78, 5) is 13.1. The molecule has 1 unspecified atom stereocenters. The molecule has 2 aromatic rings. The summed E-state index contributed by atoms with van der Waals surface area (Å²) >= 11 is 0. The standard InChI is InChI=1S/C24H31N3O5S2/c1-19-6-5-15-27(18-19)33(29,30)22-11-9-21(10-12-22)25-17-24(28)20-7-4-8-23(16-20)34(31,32)26-13-2-3-14-26/h4,7-12,16,19,25H,2-3,5-6,13-15,17-18H2,1H3. The number of hydrogen-bond acceptors (Lipinski definition) is 6. The first-order valence-corrected chi connectivity index (χ1v) is 14.5. The first kappa shape index (κ1) is 24.8. The lowest BCUT2D eigenvalue weighted by Crippen LogP contribution is -2.39. The molecule has 0 spiro atoms. The zero-order chi connectivity index (χ0) is 24.3. The zero-order valence-corrected chi connectivity index (χ0v) is 20.9. The summed E-state index contributed by atoms with van der Waals surface area (Å²) in [5.41, 5.74) is 0.923. The highest BCUT2D eigenvalue weighted by molar-refractivity contribution is 7.89. The summed E-state index contributed by atoms with van der Waals surface area (Å²) < 4.78 is 54.4. The van der Waals surface area contributed by atoms with Crippen molar-refractivity contribution in [2.24, 2.45) is 5.92 Å². The number of sulfonamides is 2. The van der Waals surface area contributed by atoms with Crippen molar-refractivity contribution in [1.82, 2.24) is 8.61 Å². The molecule has 10 heteroatoms. The van der Waals surface area contributed by atoms with Crippen LogP contribution in [0.2, 0.25) is 0 Å². The number of rotatable bonds is 8. The van der Waals surface area contributed by atoms with Crippen molar-refractivity contribution in [3.8, 4) is 0 Å². The van der Waals surface area contributed by atoms with E-state index < -0.39 is 20.0 Å². The van der Waals surface area contributed by atoms with E-state index in [0.717, 1.165) is 25.7 Å². The third kappa shape index (κ3) is 5.35. The second kappa shape index (κ2) is 10.2. The van der Waals surface area contributed by atoms with Crippen LogP contribution in [0.4, 0.5) is 5.69 Å². The van der Waals surface area contributed by atoms with Gasteiger partial charge in [0.05, 0.1) is 16.3 Å². The van der Waals surface area contributed by atoms with Crippen molar-refractivity contribution in [3.05, 3.63) is 54.1 Å². The minimum Gasteiger partial charge on any atom is -0.378 e. The highest BCUT2D eigenvalue weighted by Gasteiger charge is 2.29. The van der Waals surface area contributed by atoms with Crippen LogP contribution in [-0.2, 0) is 20.0 Å². The van der Waals surface area contributed by atoms with Gasteiger partial charge in [-0.05, 0) is 68.0 Å². The molecule has 0 bridgehead atoms. The van der Waals surface area contributed by atoms with Crippen molar-refractivity contribution in [1.29, 1.82) is 0 Å². The number of Topliss-reactive ketones (excluding diaryl/α,β-unsaturated/α-hetero) is 1. The van der Waals surface area contributed by atoms with Gasteiger partial charge in [0.25, 0.3) is 0 Å². The first-order valence-electron chi connectivity index (χ1n) is 11.7. The molecule has 0 radical (unpaired) electrons. The van der Waals surface area contributed by atoms with E-state index in [1.807, 2.05) is 0 Å². The number of piperidine rings is 1. The summed E-state index contributed by atoms with van der Waals surface area (Å²) in [6, 6.07) is 12.5. The number of carbonyl (C=O) groups excluding carboxylic acids is 1. The lowest BCUT2D eigenvalue weighted by molar-refractivity contribution is 0.101. The van der Waals surface area contributed by atoms with Gasteiger partial charge in [-0.15, -0.1) is 0 Å². The highest BCUT2D eigenvalue weighted by atomic mass is 32.2. The number of nitrogens with zero attached hydrogens (tertiary/aromatic N) is 2. The minimum atomic E-state index is -3.59. The van der Waals surface area contributed by atoms with Crippen LogP contribution in [-0.4, -0.2) is 64.0 Å². The molecule has 2 fully saturated rings. The van der Waals surface area contributed by atoms with E-state index in [1.165, 1.54) is 20.7 Å². The molecule has 2 heterocycles. The molecule has 2 aliphatic rings. The van der Waals surface area contributed by atoms with Crippen LogP contribution < -0.4 is 5.32 Å². The van der Waals surface area contributed by atoms with Crippen molar-refractivity contribution in [2.45, 2.75) is 42.4 Å². The maximum Gasteiger partial charge on any atom is 0.243 e. The quantitative estimate of drug-likeness (QED) is 0.553. The van der Waals surface area contributed by atoms with Gasteiger partial charge in [0.15, 0.2) is 5.78 Å². The number of benzene rings is 2. The average molecular weight is 506 g/mol. The van der Waals surface area contributed by atoms with E-state index in [4.69, 9.17) is 0 Å². The fourth-order valence-corrected chi connectivity index (χ4v) is 7.61. The number of nitrogens with one attached hydrogen (secondary N) is 1. The average Bonchev–Trinajstić information content (AvgIpc) is 3.39. The van der Waals surface area contributed by atoms with Gasteiger partial charge in [0.1, 0.15) is 0 Å². The largest absolute Gasteiger partial charge is 0.378 e. The first-order chi connectivity index (χ1) is 16.2. The molecule has 2 aromatic carbocycles. The molecule has 0 saturated carbocycles. The van der Waals surface area contributed by atoms with Crippen LogP contribution in [0.1, 0.15) is 43.0 Å². The number of carbonyl (C=O) groups is 1. The topological polar surface area (TPSA) is 104 Å². The van der Waals surface area contributed by atoms with Crippen LogP contribution >= 0.6 is 0 Å². The van der Waals surface area contributed by atoms with Gasteiger partial charge in [-0.1, -0.05) is 19.1 Å². The molecule has 0 aromatic heterocycles. The smallest absolute Gasteiger partial charge is 0.243 e. The van der Waals surface area contributed by atoms with E-state index in [9.17, 15) is 21.6 Å². The molecule has 34 heavy (non-hydrogen) atoms. The maximum absolute atomic E-state index is 12.9. The van der Waals surface area contributed by atoms with Crippen LogP contribution in [0.25, 0.3) is 0 Å². The van der Waals surface area contributed by atoms with E-state index in [-0.39, 0.29) is 22.1 Å². The molecule has 0 aliphatic carbocycles. The number of hydrogen-bond donors (Lipinski definition) is 1. The Labute approximate surface area is 202 Å². The summed E-state index contributed by atoms with van der Waals surface area (Å²) in [6.45, 7) is 4.10. The molecular weight excluding hydrogens is 474 g/mol. The van der Waals surface area contributed by atoms with E-state index in [0.29, 0.717) is 43.3 Å². The van der Waals surface area contributed by atoms with Crippen LogP contribution in [0.15, 0.2) is 58.3 Å². The molecule has 0 amide bonds. The normalized spacial score (nSPS) is 20.3. The van der Waals surface area contributed by atoms with Crippen molar-refractivity contribution in [2.75, 3.05) is 38.0 Å². The van der Waals surface area contributed by atoms with Crippen LogP contribution in [0, 0.1) is 5.92 Å². The second-order valence-electron chi connectivity index (χ2n) is 9.05. The van der Waals surface area contributed by atoms with Gasteiger partial charge < -0.3 is 5.32 Å². The second-order valence-corrected chi connectivity index (χ2v) is 12.9. The van der Waals surface area contributed by atoms with Crippen LogP contribution in [0.3, 0.4) is 0 Å². The lowest BCUT2D eigenvalue weighted by atomic mass is 10.0. The highest BCUT2D eigenvalue weighted by Crippen LogP contribution is 2.25. The minimum absolute atomic E-state index is 0.0387. The molecule has 184 valence electrons. The molecule has 8 nitrogen and oxygen atoms in total. The Hall–Kier alpha value is -2.27. The Morgan fingerprint density at radius 3 is 2.21 bits per heavy atom. The third-order valence-corrected chi connectivity index (χ3v) is 10.2. The SMILES string of the molecule is CC1CCCN(S(=O)(=O)c2ccc(NCC(=O)c3cccc(S(=O)(=O)N4CCCC4)c3)cc2)C1. The molecule has 1 atom stereocenters. The molecule has 4 rings (SSSR count). The maximum atomic E-state index is 12.9. The number of ketones is 1. The van der Waals surface area contributed by atoms with Gasteiger partial charge in [-0.3, -0.25) is 4.79 Å². The summed E-state index contributed by atoms with van der Waals surface area (Å²) in [6.07, 6.45) is 3.59. The predicted octanol–water partition coefficient (Wildman–Crippen LogP) is 3.19. The van der Waals surface area contributed by atoms with Gasteiger partial charge in [-0.25, -0.2) is 16.8 Å². The molecule has 2 aliphatic heterocycles. The van der Waals surface area contributed by atoms with Crippen molar-refractivity contribution >= 4 is 31.5 Å². The number of anilines is 1. The van der Waals surface area contributed by atoms with Crippen molar-refractivity contribution < 1.29 is 21.6 Å². The Morgan fingerprint density at radius 1 is 0.882 bits per heavy atom. The third-order valence-electron chi connectivity index (χ3n) is 6.42. The summed E-state index contributed by atoms with van der Waals surface area (Å²) in [7, 11) is -7.13. The fourth-order valence-electron chi connectivity index (χ4n) is 4.45. The van der Waals surface area contributed by atoms with Gasteiger partial charge in [0.2, 0.25) is 20.0 Å². The zero-order valence-electron chi connectivity index (χ0n) is 19.3. The Balaban J connectivity index is 1.40. The Bertz CT molecular complexity index is 1240. The lowest BCUT2D eigenvalue weighted by Gasteiger charge is -2.30. The summed E-state index contributed by atoms with van der Waals surface area (Å²) in [5.74, 6) is 0.0943. The fraction of sp³-hybridized carbons (Fsp3) is 0.458. The van der Waals surface area contributed by atoms with E-state index in [1.54, 1.807) is 36.4 Å².